The fourth-order valence-corrected chi connectivity index (χ4v) is 6.63. The molecule has 210 valence electrons. The van der Waals surface area contributed by atoms with Crippen molar-refractivity contribution in [3.8, 4) is 0 Å². The molecule has 3 aliphatic rings. The molecule has 0 radical (unpaired) electrons. The van der Waals surface area contributed by atoms with Crippen molar-refractivity contribution in [1.82, 2.24) is 15.2 Å². The lowest BCUT2D eigenvalue weighted by molar-refractivity contribution is -0.137. The van der Waals surface area contributed by atoms with E-state index in [4.69, 9.17) is 0 Å². The van der Waals surface area contributed by atoms with Gasteiger partial charge in [-0.25, -0.2) is 14.2 Å². The van der Waals surface area contributed by atoms with Gasteiger partial charge < -0.3 is 15.3 Å². The Balaban J connectivity index is 1.17. The van der Waals surface area contributed by atoms with Crippen molar-refractivity contribution in [3.05, 3.63) is 64.7 Å². The first kappa shape index (κ1) is 27.6. The molecular formula is C29H33F4N3O3. The summed E-state index contributed by atoms with van der Waals surface area (Å²) in [7, 11) is 0. The minimum atomic E-state index is -4.65. The van der Waals surface area contributed by atoms with E-state index >= 15 is 0 Å². The zero-order chi connectivity index (χ0) is 27.8. The molecule has 2 N–H and O–H groups in total. The Morgan fingerprint density at radius 1 is 1.03 bits per heavy atom. The van der Waals surface area contributed by atoms with Crippen LogP contribution in [-0.4, -0.2) is 46.0 Å². The number of nitrogens with zero attached hydrogens (tertiary/aromatic N) is 2. The van der Waals surface area contributed by atoms with Gasteiger partial charge in [0.1, 0.15) is 11.5 Å². The Kier molecular flexibility index (Phi) is 7.68. The van der Waals surface area contributed by atoms with E-state index in [9.17, 15) is 32.3 Å². The molecular weight excluding hydrogens is 514 g/mol. The maximum atomic E-state index is 13.8. The average Bonchev–Trinajstić information content (AvgIpc) is 3.77. The SMILES string of the molecule is O=C(O)c1cc(C2CCN([C@H]3CC[C@](C(=O)NCc4cc(F)cc(C(F)(F)F)c4)(C4CC4)CC3)CC2)ccn1. The maximum absolute atomic E-state index is 13.8. The van der Waals surface area contributed by atoms with Crippen molar-refractivity contribution >= 4 is 11.9 Å². The number of halogens is 4. The molecule has 1 aromatic carbocycles. The molecule has 3 fully saturated rings. The number of nitrogens with one attached hydrogen (secondary N) is 1. The zero-order valence-corrected chi connectivity index (χ0v) is 21.6. The van der Waals surface area contributed by atoms with E-state index in [2.05, 4.69) is 15.2 Å². The lowest BCUT2D eigenvalue weighted by atomic mass is 9.68. The van der Waals surface area contributed by atoms with E-state index in [0.717, 1.165) is 82.2 Å². The average molecular weight is 548 g/mol. The summed E-state index contributed by atoms with van der Waals surface area (Å²) in [5.41, 5.74) is -0.396. The van der Waals surface area contributed by atoms with E-state index < -0.39 is 28.9 Å². The van der Waals surface area contributed by atoms with Gasteiger partial charge in [-0.3, -0.25) is 4.79 Å². The Bertz CT molecular complexity index is 1210. The molecule has 10 heteroatoms. The topological polar surface area (TPSA) is 82.5 Å². The Labute approximate surface area is 224 Å². The molecule has 1 amide bonds. The summed E-state index contributed by atoms with van der Waals surface area (Å²) in [5, 5.41) is 12.1. The number of amides is 1. The van der Waals surface area contributed by atoms with Crippen molar-refractivity contribution < 1.29 is 32.3 Å². The van der Waals surface area contributed by atoms with Gasteiger partial charge in [0.25, 0.3) is 0 Å². The van der Waals surface area contributed by atoms with Crippen LogP contribution in [0.2, 0.25) is 0 Å². The van der Waals surface area contributed by atoms with Gasteiger partial charge in [-0.05, 0) is 118 Å². The molecule has 2 aliphatic carbocycles. The van der Waals surface area contributed by atoms with Crippen LogP contribution < -0.4 is 5.32 Å². The summed E-state index contributed by atoms with van der Waals surface area (Å²) >= 11 is 0. The van der Waals surface area contributed by atoms with Crippen LogP contribution in [0.15, 0.2) is 36.5 Å². The zero-order valence-electron chi connectivity index (χ0n) is 21.6. The second-order valence-corrected chi connectivity index (χ2v) is 11.3. The maximum Gasteiger partial charge on any atom is 0.416 e. The van der Waals surface area contributed by atoms with Crippen LogP contribution in [0.25, 0.3) is 0 Å². The highest BCUT2D eigenvalue weighted by Crippen LogP contribution is 2.54. The summed E-state index contributed by atoms with van der Waals surface area (Å²) < 4.78 is 53.0. The predicted molar refractivity (Wildman–Crippen MR) is 135 cm³/mol. The van der Waals surface area contributed by atoms with Gasteiger partial charge in [0.05, 0.1) is 11.0 Å². The van der Waals surface area contributed by atoms with Gasteiger partial charge in [0, 0.05) is 18.8 Å². The molecule has 0 unspecified atom stereocenters. The Morgan fingerprint density at radius 3 is 2.33 bits per heavy atom. The molecule has 0 spiro atoms. The number of rotatable bonds is 7. The molecule has 39 heavy (non-hydrogen) atoms. The summed E-state index contributed by atoms with van der Waals surface area (Å²) in [6.07, 6.45) is 3.95. The van der Waals surface area contributed by atoms with Gasteiger partial charge in [-0.2, -0.15) is 13.2 Å². The van der Waals surface area contributed by atoms with E-state index in [1.165, 1.54) is 0 Å². The van der Waals surface area contributed by atoms with E-state index in [-0.39, 0.29) is 29.6 Å². The van der Waals surface area contributed by atoms with Crippen molar-refractivity contribution in [1.29, 1.82) is 0 Å². The first-order chi connectivity index (χ1) is 18.5. The van der Waals surface area contributed by atoms with Crippen LogP contribution in [-0.2, 0) is 17.5 Å². The molecule has 1 aliphatic heterocycles. The molecule has 1 aromatic heterocycles. The van der Waals surface area contributed by atoms with Crippen molar-refractivity contribution in [2.24, 2.45) is 11.3 Å². The number of carbonyl (C=O) groups is 2. The number of carboxylic acids is 1. The Hall–Kier alpha value is -3.01. The molecule has 6 nitrogen and oxygen atoms in total. The van der Waals surface area contributed by atoms with Gasteiger partial charge >= 0.3 is 12.1 Å². The number of hydrogen-bond acceptors (Lipinski definition) is 4. The number of carboxylic acid groups (broad SMARTS) is 1. The van der Waals surface area contributed by atoms with Crippen LogP contribution in [0.5, 0.6) is 0 Å². The fraction of sp³-hybridized carbons (Fsp3) is 0.552. The fourth-order valence-electron chi connectivity index (χ4n) is 6.63. The number of piperidine rings is 1. The highest BCUT2D eigenvalue weighted by Gasteiger charge is 2.52. The minimum absolute atomic E-state index is 0.0649. The molecule has 2 heterocycles. The van der Waals surface area contributed by atoms with E-state index in [1.807, 2.05) is 6.07 Å². The van der Waals surface area contributed by atoms with Crippen molar-refractivity contribution in [2.75, 3.05) is 13.1 Å². The number of pyridine rings is 1. The van der Waals surface area contributed by atoms with Gasteiger partial charge in [0.15, 0.2) is 0 Å². The van der Waals surface area contributed by atoms with E-state index in [0.29, 0.717) is 18.0 Å². The number of benzene rings is 1. The largest absolute Gasteiger partial charge is 0.477 e. The lowest BCUT2D eigenvalue weighted by Gasteiger charge is -2.45. The summed E-state index contributed by atoms with van der Waals surface area (Å²) in [5.74, 6) is -1.55. The minimum Gasteiger partial charge on any atom is -0.477 e. The van der Waals surface area contributed by atoms with E-state index in [1.54, 1.807) is 12.3 Å². The number of alkyl halides is 3. The molecule has 2 aromatic rings. The normalized spacial score (nSPS) is 24.9. The van der Waals surface area contributed by atoms with Gasteiger partial charge in [0.2, 0.25) is 5.91 Å². The van der Waals surface area contributed by atoms with Crippen LogP contribution in [0, 0.1) is 17.2 Å². The molecule has 0 atom stereocenters. The highest BCUT2D eigenvalue weighted by molar-refractivity contribution is 5.85. The third kappa shape index (κ3) is 6.10. The molecule has 1 saturated heterocycles. The second kappa shape index (κ2) is 10.9. The monoisotopic (exact) mass is 547 g/mol. The molecule has 5 rings (SSSR count). The third-order valence-electron chi connectivity index (χ3n) is 8.92. The van der Waals surface area contributed by atoms with Gasteiger partial charge in [-0.1, -0.05) is 0 Å². The van der Waals surface area contributed by atoms with Crippen LogP contribution in [0.1, 0.15) is 84.5 Å². The van der Waals surface area contributed by atoms with Gasteiger partial charge in [-0.15, -0.1) is 0 Å². The summed E-state index contributed by atoms with van der Waals surface area (Å²) in [4.78, 5) is 31.1. The third-order valence-corrected chi connectivity index (χ3v) is 8.92. The number of hydrogen-bond donors (Lipinski definition) is 2. The molecule has 2 saturated carbocycles. The van der Waals surface area contributed by atoms with Crippen LogP contribution >= 0.6 is 0 Å². The Morgan fingerprint density at radius 2 is 1.72 bits per heavy atom. The summed E-state index contributed by atoms with van der Waals surface area (Å²) in [6.45, 7) is 1.68. The lowest BCUT2D eigenvalue weighted by Crippen LogP contribution is -2.49. The van der Waals surface area contributed by atoms with Crippen LogP contribution in [0.4, 0.5) is 17.6 Å². The first-order valence-corrected chi connectivity index (χ1v) is 13.6. The number of aromatic carboxylic acids is 1. The smallest absolute Gasteiger partial charge is 0.416 e. The molecule has 0 bridgehead atoms. The highest BCUT2D eigenvalue weighted by atomic mass is 19.4. The predicted octanol–water partition coefficient (Wildman–Crippen LogP) is 5.77. The van der Waals surface area contributed by atoms with Crippen molar-refractivity contribution in [2.45, 2.75) is 76.0 Å². The number of likely N-dealkylation sites (tertiary alicyclic amines) is 1. The second-order valence-electron chi connectivity index (χ2n) is 11.3. The van der Waals surface area contributed by atoms with Crippen LogP contribution in [0.3, 0.4) is 0 Å². The quantitative estimate of drug-likeness (QED) is 0.430. The van der Waals surface area contributed by atoms with Crippen molar-refractivity contribution in [3.63, 3.8) is 0 Å². The number of carbonyl (C=O) groups excluding carboxylic acids is 1. The summed E-state index contributed by atoms with van der Waals surface area (Å²) in [6, 6.07) is 6.32. The standard InChI is InChI=1S/C29H33F4N3O3/c30-23-14-18(13-22(16-23)29(31,32)33)17-35-27(39)28(21-1-2-21)8-3-24(4-9-28)36-11-6-19(7-12-36)20-5-10-34-25(15-20)26(37)38/h5,10,13-16,19,21,24H,1-4,6-9,11-12,17H2,(H,35,39)(H,37,38)/t24-,28+. The number of aromatic nitrogens is 1. The first-order valence-electron chi connectivity index (χ1n) is 13.6.